The van der Waals surface area contributed by atoms with Crippen LogP contribution in [-0.4, -0.2) is 35.1 Å². The number of carbonyl (C=O) groups excluding carboxylic acids is 2. The lowest BCUT2D eigenvalue weighted by Gasteiger charge is -2.28. The predicted octanol–water partition coefficient (Wildman–Crippen LogP) is 3.94. The van der Waals surface area contributed by atoms with Gasteiger partial charge >= 0.3 is 6.18 Å². The molecule has 0 aliphatic carbocycles. The normalized spacial score (nSPS) is 14.1. The van der Waals surface area contributed by atoms with Crippen molar-refractivity contribution < 1.29 is 22.8 Å². The van der Waals surface area contributed by atoms with E-state index in [1.54, 1.807) is 18.2 Å². The standard InChI is InChI=1S/C22H19F3N4O2/c1-15-3-2-4-18(11-15)29-20(30)10-9-19(27-29)21(31)28(14-22(23,24)25)13-17-7-5-16(12-26)6-8-17/h2-8,11H,9-10,13-14H2,1H3. The van der Waals surface area contributed by atoms with Crippen LogP contribution in [0.5, 0.6) is 0 Å². The first-order valence-electron chi connectivity index (χ1n) is 9.48. The summed E-state index contributed by atoms with van der Waals surface area (Å²) in [5, 5.41) is 14.0. The van der Waals surface area contributed by atoms with E-state index in [1.165, 1.54) is 24.3 Å². The number of rotatable bonds is 5. The molecule has 6 nitrogen and oxygen atoms in total. The number of aryl methyl sites for hydroxylation is 1. The Morgan fingerprint density at radius 3 is 2.52 bits per heavy atom. The van der Waals surface area contributed by atoms with Gasteiger partial charge in [-0.25, -0.2) is 5.01 Å². The predicted molar refractivity (Wildman–Crippen MR) is 108 cm³/mol. The van der Waals surface area contributed by atoms with E-state index in [-0.39, 0.29) is 31.0 Å². The van der Waals surface area contributed by atoms with Crippen LogP contribution >= 0.6 is 0 Å². The molecule has 31 heavy (non-hydrogen) atoms. The van der Waals surface area contributed by atoms with Crippen LogP contribution in [0.1, 0.15) is 29.5 Å². The lowest BCUT2D eigenvalue weighted by atomic mass is 10.1. The van der Waals surface area contributed by atoms with Gasteiger partial charge in [0.05, 0.1) is 17.3 Å². The van der Waals surface area contributed by atoms with Crippen molar-refractivity contribution >= 4 is 23.2 Å². The van der Waals surface area contributed by atoms with Crippen molar-refractivity contribution in [2.24, 2.45) is 5.10 Å². The van der Waals surface area contributed by atoms with Gasteiger partial charge in [-0.3, -0.25) is 9.59 Å². The summed E-state index contributed by atoms with van der Waals surface area (Å²) in [4.78, 5) is 25.9. The maximum Gasteiger partial charge on any atom is 0.406 e. The number of amides is 2. The topological polar surface area (TPSA) is 76.8 Å². The van der Waals surface area contributed by atoms with Gasteiger partial charge in [-0.1, -0.05) is 24.3 Å². The molecule has 1 aliphatic heterocycles. The van der Waals surface area contributed by atoms with Crippen LogP contribution in [0.25, 0.3) is 0 Å². The molecule has 0 radical (unpaired) electrons. The minimum atomic E-state index is -4.61. The smallest absolute Gasteiger partial charge is 0.324 e. The van der Waals surface area contributed by atoms with E-state index in [2.05, 4.69) is 5.10 Å². The Morgan fingerprint density at radius 1 is 1.19 bits per heavy atom. The quantitative estimate of drug-likeness (QED) is 0.724. The molecule has 2 aromatic carbocycles. The molecule has 1 heterocycles. The van der Waals surface area contributed by atoms with Gasteiger partial charge in [-0.05, 0) is 42.3 Å². The van der Waals surface area contributed by atoms with E-state index in [0.717, 1.165) is 10.6 Å². The number of anilines is 1. The summed E-state index contributed by atoms with van der Waals surface area (Å²) < 4.78 is 39.5. The third kappa shape index (κ3) is 5.69. The van der Waals surface area contributed by atoms with E-state index in [0.29, 0.717) is 21.7 Å². The summed E-state index contributed by atoms with van der Waals surface area (Å²) in [7, 11) is 0. The maximum atomic E-state index is 13.2. The van der Waals surface area contributed by atoms with Crippen molar-refractivity contribution in [3.63, 3.8) is 0 Å². The average molecular weight is 428 g/mol. The van der Waals surface area contributed by atoms with Crippen molar-refractivity contribution in [1.29, 1.82) is 5.26 Å². The number of nitrogens with zero attached hydrogens (tertiary/aromatic N) is 4. The van der Waals surface area contributed by atoms with Crippen LogP contribution in [-0.2, 0) is 16.1 Å². The molecule has 0 aromatic heterocycles. The van der Waals surface area contributed by atoms with Crippen molar-refractivity contribution in [2.45, 2.75) is 32.5 Å². The van der Waals surface area contributed by atoms with Crippen LogP contribution in [0.4, 0.5) is 18.9 Å². The Morgan fingerprint density at radius 2 is 1.90 bits per heavy atom. The second-order valence-corrected chi connectivity index (χ2v) is 7.18. The molecular weight excluding hydrogens is 409 g/mol. The first-order chi connectivity index (χ1) is 14.7. The highest BCUT2D eigenvalue weighted by molar-refractivity contribution is 6.40. The molecule has 0 fully saturated rings. The molecule has 0 saturated heterocycles. The SMILES string of the molecule is Cc1cccc(N2N=C(C(=O)N(Cc3ccc(C#N)cc3)CC(F)(F)F)CCC2=O)c1. The van der Waals surface area contributed by atoms with Crippen molar-refractivity contribution in [2.75, 3.05) is 11.6 Å². The molecule has 0 spiro atoms. The highest BCUT2D eigenvalue weighted by Crippen LogP contribution is 2.24. The zero-order valence-corrected chi connectivity index (χ0v) is 16.7. The van der Waals surface area contributed by atoms with Crippen LogP contribution < -0.4 is 5.01 Å². The van der Waals surface area contributed by atoms with Crippen LogP contribution in [0.2, 0.25) is 0 Å². The van der Waals surface area contributed by atoms with Gasteiger partial charge in [-0.15, -0.1) is 0 Å². The molecule has 0 N–H and O–H groups in total. The second-order valence-electron chi connectivity index (χ2n) is 7.18. The fraction of sp³-hybridized carbons (Fsp3) is 0.273. The zero-order chi connectivity index (χ0) is 22.6. The lowest BCUT2D eigenvalue weighted by molar-refractivity contribution is -0.158. The number of hydrogen-bond donors (Lipinski definition) is 0. The minimum absolute atomic E-state index is 0.0325. The molecule has 9 heteroatoms. The van der Waals surface area contributed by atoms with Gasteiger partial charge in [0.25, 0.3) is 5.91 Å². The van der Waals surface area contributed by atoms with E-state index < -0.39 is 18.6 Å². The second kappa shape index (κ2) is 9.00. The molecule has 3 rings (SSSR count). The summed E-state index contributed by atoms with van der Waals surface area (Å²) >= 11 is 0. The van der Waals surface area contributed by atoms with Gasteiger partial charge in [-0.2, -0.15) is 23.5 Å². The van der Waals surface area contributed by atoms with Gasteiger partial charge < -0.3 is 4.90 Å². The Labute approximate surface area is 177 Å². The maximum absolute atomic E-state index is 13.2. The number of nitriles is 1. The van der Waals surface area contributed by atoms with Gasteiger partial charge in [0.15, 0.2) is 0 Å². The molecule has 0 atom stereocenters. The summed E-state index contributed by atoms with van der Waals surface area (Å²) in [6.07, 6.45) is -4.68. The van der Waals surface area contributed by atoms with Gasteiger partial charge in [0.1, 0.15) is 12.3 Å². The monoisotopic (exact) mass is 428 g/mol. The number of benzene rings is 2. The molecule has 0 bridgehead atoms. The van der Waals surface area contributed by atoms with E-state index in [9.17, 15) is 22.8 Å². The fourth-order valence-electron chi connectivity index (χ4n) is 3.17. The van der Waals surface area contributed by atoms with Crippen molar-refractivity contribution in [1.82, 2.24) is 4.90 Å². The number of hydrogen-bond acceptors (Lipinski definition) is 4. The molecule has 0 unspecified atom stereocenters. The minimum Gasteiger partial charge on any atom is -0.324 e. The molecule has 2 amide bonds. The Balaban J connectivity index is 1.89. The fourth-order valence-corrected chi connectivity index (χ4v) is 3.17. The summed E-state index contributed by atoms with van der Waals surface area (Å²) in [5.74, 6) is -1.22. The Kier molecular flexibility index (Phi) is 6.39. The number of carbonyl (C=O) groups is 2. The first kappa shape index (κ1) is 22.0. The molecule has 160 valence electrons. The lowest BCUT2D eigenvalue weighted by Crippen LogP contribution is -2.44. The van der Waals surface area contributed by atoms with Crippen LogP contribution in [0.3, 0.4) is 0 Å². The van der Waals surface area contributed by atoms with Crippen LogP contribution in [0.15, 0.2) is 53.6 Å². The van der Waals surface area contributed by atoms with E-state index in [1.807, 2.05) is 19.1 Å². The Bertz CT molecular complexity index is 1060. The molecule has 2 aromatic rings. The van der Waals surface area contributed by atoms with E-state index >= 15 is 0 Å². The highest BCUT2D eigenvalue weighted by Gasteiger charge is 2.36. The summed E-state index contributed by atoms with van der Waals surface area (Å²) in [6, 6.07) is 14.8. The number of alkyl halides is 3. The zero-order valence-electron chi connectivity index (χ0n) is 16.7. The largest absolute Gasteiger partial charge is 0.406 e. The average Bonchev–Trinajstić information content (AvgIpc) is 2.72. The van der Waals surface area contributed by atoms with Crippen LogP contribution in [0, 0.1) is 18.3 Å². The molecule has 0 saturated carbocycles. The molecular formula is C22H19F3N4O2. The third-order valence-corrected chi connectivity index (χ3v) is 4.64. The number of halogens is 3. The molecule has 1 aliphatic rings. The number of hydrazone groups is 1. The van der Waals surface area contributed by atoms with Crippen molar-refractivity contribution in [3.8, 4) is 6.07 Å². The third-order valence-electron chi connectivity index (χ3n) is 4.64. The highest BCUT2D eigenvalue weighted by atomic mass is 19.4. The van der Waals surface area contributed by atoms with Gasteiger partial charge in [0.2, 0.25) is 5.91 Å². The van der Waals surface area contributed by atoms with Crippen molar-refractivity contribution in [3.05, 3.63) is 65.2 Å². The Hall–Kier alpha value is -3.67. The summed E-state index contributed by atoms with van der Waals surface area (Å²) in [6.45, 7) is 0.0705. The van der Waals surface area contributed by atoms with E-state index in [4.69, 9.17) is 5.26 Å². The van der Waals surface area contributed by atoms with Gasteiger partial charge in [0, 0.05) is 19.4 Å². The first-order valence-corrected chi connectivity index (χ1v) is 9.48. The summed E-state index contributed by atoms with van der Waals surface area (Å²) in [5.41, 5.74) is 2.02.